The Morgan fingerprint density at radius 3 is 2.39 bits per heavy atom. The maximum Gasteiger partial charge on any atom is 0.390 e. The fourth-order valence-electron chi connectivity index (χ4n) is 1.82. The summed E-state index contributed by atoms with van der Waals surface area (Å²) in [4.78, 5) is 3.88. The van der Waals surface area contributed by atoms with Gasteiger partial charge in [0.15, 0.2) is 17.5 Å². The van der Waals surface area contributed by atoms with Gasteiger partial charge in [-0.15, -0.1) is 24.0 Å². The molecule has 0 saturated heterocycles. The first-order valence-corrected chi connectivity index (χ1v) is 6.62. The van der Waals surface area contributed by atoms with E-state index in [-0.39, 0.29) is 36.5 Å². The van der Waals surface area contributed by atoms with Crippen LogP contribution in [0.2, 0.25) is 0 Å². The lowest BCUT2D eigenvalue weighted by atomic mass is 10.2. The lowest BCUT2D eigenvalue weighted by Gasteiger charge is -2.15. The minimum absolute atomic E-state index is 0. The van der Waals surface area contributed by atoms with Crippen molar-refractivity contribution in [1.82, 2.24) is 10.6 Å². The van der Waals surface area contributed by atoms with Gasteiger partial charge in [-0.1, -0.05) is 12.1 Å². The predicted molar refractivity (Wildman–Crippen MR) is 93.8 cm³/mol. The Labute approximate surface area is 150 Å². The van der Waals surface area contributed by atoms with E-state index in [1.165, 1.54) is 21.3 Å². The molecule has 0 atom stereocenters. The molecule has 0 radical (unpaired) electrons. The highest BCUT2D eigenvalue weighted by Gasteiger charge is 2.26. The number of nitrogens with zero attached hydrogens (tertiary/aromatic N) is 1. The molecule has 0 amide bonds. The summed E-state index contributed by atoms with van der Waals surface area (Å²) in [5.41, 5.74) is 0.806. The molecule has 0 aliphatic heterocycles. The van der Waals surface area contributed by atoms with E-state index in [4.69, 9.17) is 9.47 Å². The fraction of sp³-hybridized carbons (Fsp3) is 0.500. The van der Waals surface area contributed by atoms with Crippen molar-refractivity contribution in [3.8, 4) is 11.5 Å². The largest absolute Gasteiger partial charge is 0.493 e. The highest BCUT2D eigenvalue weighted by Crippen LogP contribution is 2.30. The second-order valence-electron chi connectivity index (χ2n) is 4.37. The van der Waals surface area contributed by atoms with Crippen LogP contribution in [0.1, 0.15) is 12.0 Å². The van der Waals surface area contributed by atoms with Crippen molar-refractivity contribution < 1.29 is 22.6 Å². The van der Waals surface area contributed by atoms with Crippen LogP contribution in [-0.4, -0.2) is 39.9 Å². The van der Waals surface area contributed by atoms with Crippen molar-refractivity contribution in [2.75, 3.05) is 27.8 Å². The van der Waals surface area contributed by atoms with E-state index in [1.807, 2.05) is 6.07 Å². The number of aliphatic imine (C=N–C) groups is 1. The molecular weight excluding hydrogens is 426 g/mol. The van der Waals surface area contributed by atoms with Gasteiger partial charge in [-0.05, 0) is 6.07 Å². The Morgan fingerprint density at radius 1 is 1.17 bits per heavy atom. The molecule has 0 spiro atoms. The summed E-state index contributed by atoms with van der Waals surface area (Å²) < 4.78 is 46.8. The Morgan fingerprint density at radius 2 is 1.87 bits per heavy atom. The van der Waals surface area contributed by atoms with E-state index in [9.17, 15) is 13.2 Å². The molecule has 0 saturated carbocycles. The van der Waals surface area contributed by atoms with Gasteiger partial charge in [0.05, 0.1) is 20.6 Å². The minimum Gasteiger partial charge on any atom is -0.493 e. The van der Waals surface area contributed by atoms with Crippen LogP contribution in [0.25, 0.3) is 0 Å². The van der Waals surface area contributed by atoms with Crippen molar-refractivity contribution >= 4 is 29.9 Å². The average Bonchev–Trinajstić information content (AvgIpc) is 2.48. The second-order valence-corrected chi connectivity index (χ2v) is 4.37. The van der Waals surface area contributed by atoms with E-state index >= 15 is 0 Å². The van der Waals surface area contributed by atoms with Gasteiger partial charge in [-0.2, -0.15) is 13.2 Å². The van der Waals surface area contributed by atoms with E-state index in [0.717, 1.165) is 5.56 Å². The number of nitrogens with one attached hydrogen (secondary N) is 2. The second kappa shape index (κ2) is 10.4. The van der Waals surface area contributed by atoms with E-state index < -0.39 is 12.6 Å². The lowest BCUT2D eigenvalue weighted by molar-refractivity contribution is -0.132. The fourth-order valence-corrected chi connectivity index (χ4v) is 1.82. The Balaban J connectivity index is 0.00000484. The van der Waals surface area contributed by atoms with Crippen molar-refractivity contribution in [2.24, 2.45) is 4.99 Å². The van der Waals surface area contributed by atoms with E-state index in [0.29, 0.717) is 18.0 Å². The first kappa shape index (κ1) is 21.6. The van der Waals surface area contributed by atoms with Crippen molar-refractivity contribution in [3.05, 3.63) is 23.8 Å². The summed E-state index contributed by atoms with van der Waals surface area (Å²) in [7, 11) is 4.55. The highest BCUT2D eigenvalue weighted by atomic mass is 127. The number of halogens is 4. The van der Waals surface area contributed by atoms with Crippen molar-refractivity contribution in [1.29, 1.82) is 0 Å². The molecule has 9 heteroatoms. The van der Waals surface area contributed by atoms with Gasteiger partial charge >= 0.3 is 6.18 Å². The molecule has 0 aromatic heterocycles. The highest BCUT2D eigenvalue weighted by molar-refractivity contribution is 14.0. The molecule has 1 aromatic carbocycles. The summed E-state index contributed by atoms with van der Waals surface area (Å²) in [6, 6.07) is 5.40. The molecule has 0 aliphatic carbocycles. The van der Waals surface area contributed by atoms with Gasteiger partial charge in [0.1, 0.15) is 0 Å². The molecule has 2 N–H and O–H groups in total. The lowest BCUT2D eigenvalue weighted by Crippen LogP contribution is -2.38. The van der Waals surface area contributed by atoms with E-state index in [2.05, 4.69) is 15.6 Å². The number of hydrogen-bond donors (Lipinski definition) is 2. The first-order chi connectivity index (χ1) is 10.4. The number of methoxy groups -OCH3 is 2. The number of rotatable bonds is 6. The van der Waals surface area contributed by atoms with Gasteiger partial charge in [0, 0.05) is 25.7 Å². The smallest absolute Gasteiger partial charge is 0.390 e. The van der Waals surface area contributed by atoms with Crippen LogP contribution < -0.4 is 20.1 Å². The zero-order valence-corrected chi connectivity index (χ0v) is 15.5. The van der Waals surface area contributed by atoms with Gasteiger partial charge in [0.25, 0.3) is 0 Å². The molecular formula is C14H21F3IN3O2. The Bertz CT molecular complexity index is 511. The molecule has 1 rings (SSSR count). The van der Waals surface area contributed by atoms with Crippen LogP contribution in [0.5, 0.6) is 11.5 Å². The van der Waals surface area contributed by atoms with E-state index in [1.54, 1.807) is 12.1 Å². The normalized spacial score (nSPS) is 11.5. The SMILES string of the molecule is CN=C(NCCC(F)(F)F)NCc1cccc(OC)c1OC.I. The quantitative estimate of drug-likeness (QED) is 0.400. The predicted octanol–water partition coefficient (Wildman–Crippen LogP) is 2.94. The van der Waals surface area contributed by atoms with Gasteiger partial charge < -0.3 is 20.1 Å². The molecule has 0 unspecified atom stereocenters. The maximum atomic E-state index is 12.1. The average molecular weight is 447 g/mol. The molecule has 0 heterocycles. The van der Waals surface area contributed by atoms with Crippen LogP contribution in [0.4, 0.5) is 13.2 Å². The summed E-state index contributed by atoms with van der Waals surface area (Å²) in [6.07, 6.45) is -5.11. The summed E-state index contributed by atoms with van der Waals surface area (Å²) in [6.45, 7) is 0.102. The molecule has 23 heavy (non-hydrogen) atoms. The molecule has 0 bridgehead atoms. The maximum absolute atomic E-state index is 12.1. The number of para-hydroxylation sites is 1. The molecule has 1 aromatic rings. The molecule has 0 fully saturated rings. The third-order valence-electron chi connectivity index (χ3n) is 2.86. The van der Waals surface area contributed by atoms with Gasteiger partial charge in [-0.25, -0.2) is 0 Å². The minimum atomic E-state index is -4.19. The summed E-state index contributed by atoms with van der Waals surface area (Å²) >= 11 is 0. The van der Waals surface area contributed by atoms with Crippen molar-refractivity contribution in [2.45, 2.75) is 19.1 Å². The van der Waals surface area contributed by atoms with Gasteiger partial charge in [0.2, 0.25) is 0 Å². The van der Waals surface area contributed by atoms with Crippen LogP contribution >= 0.6 is 24.0 Å². The Kier molecular flexibility index (Phi) is 9.77. The standard InChI is InChI=1S/C14H20F3N3O2.HI/c1-18-13(19-8-7-14(15,16)17)20-9-10-5-4-6-11(21-2)12(10)22-3;/h4-6H,7-9H2,1-3H3,(H2,18,19,20);1H. The first-order valence-electron chi connectivity index (χ1n) is 6.62. The van der Waals surface area contributed by atoms with Crippen molar-refractivity contribution in [3.63, 3.8) is 0 Å². The third kappa shape index (κ3) is 7.62. The van der Waals surface area contributed by atoms with Crippen LogP contribution in [0, 0.1) is 0 Å². The van der Waals surface area contributed by atoms with Crippen LogP contribution in [-0.2, 0) is 6.54 Å². The molecule has 5 nitrogen and oxygen atoms in total. The topological polar surface area (TPSA) is 54.9 Å². The van der Waals surface area contributed by atoms with Gasteiger partial charge in [-0.3, -0.25) is 4.99 Å². The Hall–Kier alpha value is -1.39. The molecule has 132 valence electrons. The zero-order chi connectivity index (χ0) is 16.6. The monoisotopic (exact) mass is 447 g/mol. The number of benzene rings is 1. The van der Waals surface area contributed by atoms with Crippen LogP contribution in [0.3, 0.4) is 0 Å². The zero-order valence-electron chi connectivity index (χ0n) is 13.2. The van der Waals surface area contributed by atoms with Crippen LogP contribution in [0.15, 0.2) is 23.2 Å². The molecule has 0 aliphatic rings. The number of alkyl halides is 3. The third-order valence-corrected chi connectivity index (χ3v) is 2.86. The number of hydrogen-bond acceptors (Lipinski definition) is 3. The number of guanidine groups is 1. The summed E-state index contributed by atoms with van der Waals surface area (Å²) in [5.74, 6) is 1.44. The number of ether oxygens (including phenoxy) is 2. The summed E-state index contributed by atoms with van der Waals surface area (Å²) in [5, 5.41) is 5.54.